The molecule has 0 amide bonds. The van der Waals surface area contributed by atoms with Gasteiger partial charge in [0.25, 0.3) is 0 Å². The van der Waals surface area contributed by atoms with Crippen molar-refractivity contribution in [3.05, 3.63) is 0 Å². The highest BCUT2D eigenvalue weighted by molar-refractivity contribution is 7.99. The summed E-state index contributed by atoms with van der Waals surface area (Å²) in [5, 5.41) is 25.9. The van der Waals surface area contributed by atoms with Gasteiger partial charge in [0.2, 0.25) is 5.16 Å². The third-order valence-corrected chi connectivity index (χ3v) is 5.23. The summed E-state index contributed by atoms with van der Waals surface area (Å²) in [6.45, 7) is 2.10. The average Bonchev–Trinajstić information content (AvgIpc) is 3.44. The van der Waals surface area contributed by atoms with E-state index >= 15 is 0 Å². The minimum atomic E-state index is -0.343. The summed E-state index contributed by atoms with van der Waals surface area (Å²) in [7, 11) is 0. The van der Waals surface area contributed by atoms with Crippen molar-refractivity contribution < 1.29 is 0 Å². The first-order chi connectivity index (χ1) is 10.3. The van der Waals surface area contributed by atoms with Crippen molar-refractivity contribution in [2.45, 2.75) is 74.6 Å². The molecule has 2 saturated carbocycles. The molecule has 1 aromatic heterocycles. The van der Waals surface area contributed by atoms with E-state index in [1.54, 1.807) is 11.8 Å². The van der Waals surface area contributed by atoms with Crippen LogP contribution in [-0.2, 0) is 0 Å². The highest BCUT2D eigenvalue weighted by Gasteiger charge is 2.34. The van der Waals surface area contributed by atoms with Gasteiger partial charge in [0, 0.05) is 11.8 Å². The number of aromatic nitrogens is 4. The summed E-state index contributed by atoms with van der Waals surface area (Å²) >= 11 is 1.71. The van der Waals surface area contributed by atoms with Crippen LogP contribution in [0.2, 0.25) is 0 Å². The van der Waals surface area contributed by atoms with E-state index in [0.29, 0.717) is 12.1 Å². The second-order valence-electron chi connectivity index (χ2n) is 6.06. The van der Waals surface area contributed by atoms with Gasteiger partial charge < -0.3 is 0 Å². The molecule has 1 aromatic rings. The smallest absolute Gasteiger partial charge is 0.209 e. The molecule has 2 aliphatic rings. The van der Waals surface area contributed by atoms with E-state index in [0.717, 1.165) is 30.2 Å². The second-order valence-corrected chi connectivity index (χ2v) is 7.12. The van der Waals surface area contributed by atoms with Gasteiger partial charge >= 0.3 is 0 Å². The zero-order valence-electron chi connectivity index (χ0n) is 12.5. The van der Waals surface area contributed by atoms with Crippen LogP contribution in [0.25, 0.3) is 0 Å². The maximum atomic E-state index is 9.51. The van der Waals surface area contributed by atoms with Gasteiger partial charge in [0.05, 0.1) is 12.1 Å². The van der Waals surface area contributed by atoms with Crippen molar-refractivity contribution >= 4 is 11.8 Å². The van der Waals surface area contributed by atoms with Crippen molar-refractivity contribution in [2.75, 3.05) is 5.75 Å². The summed E-state index contributed by atoms with van der Waals surface area (Å²) in [4.78, 5) is 0. The van der Waals surface area contributed by atoms with Crippen LogP contribution in [0.3, 0.4) is 0 Å². The number of hydrogen-bond acceptors (Lipinski definition) is 6. The number of tetrazole rings is 1. The Morgan fingerprint density at radius 3 is 2.86 bits per heavy atom. The number of thioether (sulfide) groups is 1. The largest absolute Gasteiger partial charge is 0.297 e. The predicted molar refractivity (Wildman–Crippen MR) is 80.8 cm³/mol. The first-order valence-corrected chi connectivity index (χ1v) is 8.84. The fourth-order valence-electron chi connectivity index (χ4n) is 2.50. The van der Waals surface area contributed by atoms with E-state index in [9.17, 15) is 5.26 Å². The molecular formula is C14H22N6S. The van der Waals surface area contributed by atoms with Gasteiger partial charge in [-0.1, -0.05) is 18.7 Å². The fraction of sp³-hybridized carbons (Fsp3) is 0.857. The monoisotopic (exact) mass is 306 g/mol. The van der Waals surface area contributed by atoms with Crippen molar-refractivity contribution in [1.29, 1.82) is 5.26 Å². The number of hydrogen-bond donors (Lipinski definition) is 1. The van der Waals surface area contributed by atoms with Crippen molar-refractivity contribution in [3.63, 3.8) is 0 Å². The van der Waals surface area contributed by atoms with Crippen molar-refractivity contribution in [2.24, 2.45) is 0 Å². The SMILES string of the molecule is CCC(C#N)(CCCSc1nnnn1C1CC1)NC1CC1. The number of nitrogens with zero attached hydrogens (tertiary/aromatic N) is 5. The van der Waals surface area contributed by atoms with Crippen LogP contribution >= 0.6 is 11.8 Å². The van der Waals surface area contributed by atoms with E-state index < -0.39 is 0 Å². The third kappa shape index (κ3) is 3.74. The average molecular weight is 306 g/mol. The molecule has 1 N–H and O–H groups in total. The minimum Gasteiger partial charge on any atom is -0.297 e. The molecule has 114 valence electrons. The predicted octanol–water partition coefficient (Wildman–Crippen LogP) is 2.30. The standard InChI is InChI=1S/C14H22N6S/c1-2-14(10-15,16-11-4-5-11)8-3-9-21-13-17-18-19-20(13)12-6-7-12/h11-12,16H,2-9H2,1H3. The van der Waals surface area contributed by atoms with E-state index in [1.807, 2.05) is 4.68 Å². The Hall–Kier alpha value is -1.13. The molecule has 21 heavy (non-hydrogen) atoms. The molecule has 0 radical (unpaired) electrons. The molecule has 6 nitrogen and oxygen atoms in total. The molecule has 0 aromatic carbocycles. The minimum absolute atomic E-state index is 0.343. The quantitative estimate of drug-likeness (QED) is 0.557. The summed E-state index contributed by atoms with van der Waals surface area (Å²) in [5.41, 5.74) is -0.343. The normalized spacial score (nSPS) is 21.0. The first-order valence-electron chi connectivity index (χ1n) is 7.86. The zero-order chi connectivity index (χ0) is 14.7. The third-order valence-electron chi connectivity index (χ3n) is 4.21. The van der Waals surface area contributed by atoms with Crippen molar-refractivity contribution in [1.82, 2.24) is 25.5 Å². The number of nitrogens with one attached hydrogen (secondary N) is 1. The highest BCUT2D eigenvalue weighted by atomic mass is 32.2. The van der Waals surface area contributed by atoms with Crippen LogP contribution < -0.4 is 5.32 Å². The molecule has 2 aliphatic carbocycles. The van der Waals surface area contributed by atoms with Crippen molar-refractivity contribution in [3.8, 4) is 6.07 Å². The Morgan fingerprint density at radius 2 is 2.24 bits per heavy atom. The van der Waals surface area contributed by atoms with Gasteiger partial charge in [-0.2, -0.15) is 5.26 Å². The Balaban J connectivity index is 1.46. The molecule has 1 heterocycles. The molecule has 3 rings (SSSR count). The van der Waals surface area contributed by atoms with E-state index in [4.69, 9.17) is 0 Å². The molecular weight excluding hydrogens is 284 g/mol. The van der Waals surface area contributed by atoms with Crippen LogP contribution in [0.15, 0.2) is 5.16 Å². The van der Waals surface area contributed by atoms with E-state index in [1.165, 1.54) is 25.7 Å². The lowest BCUT2D eigenvalue weighted by molar-refractivity contribution is 0.367. The Kier molecular flexibility index (Phi) is 4.45. The van der Waals surface area contributed by atoms with Gasteiger partial charge in [-0.05, 0) is 55.4 Å². The van der Waals surface area contributed by atoms with E-state index in [2.05, 4.69) is 33.8 Å². The van der Waals surface area contributed by atoms with Gasteiger partial charge in [0.1, 0.15) is 5.54 Å². The van der Waals surface area contributed by atoms with Crippen LogP contribution in [0.5, 0.6) is 0 Å². The molecule has 7 heteroatoms. The molecule has 1 atom stereocenters. The van der Waals surface area contributed by atoms with Gasteiger partial charge in [-0.25, -0.2) is 4.68 Å². The Bertz CT molecular complexity index is 516. The first kappa shape index (κ1) is 14.8. The molecule has 0 aliphatic heterocycles. The second kappa shape index (κ2) is 6.32. The van der Waals surface area contributed by atoms with Gasteiger partial charge in [-0.3, -0.25) is 5.32 Å². The molecule has 0 bridgehead atoms. The van der Waals surface area contributed by atoms with Crippen LogP contribution in [-0.4, -0.2) is 37.5 Å². The fourth-order valence-corrected chi connectivity index (χ4v) is 3.39. The lowest BCUT2D eigenvalue weighted by Gasteiger charge is -2.26. The zero-order valence-corrected chi connectivity index (χ0v) is 13.3. The highest BCUT2D eigenvalue weighted by Crippen LogP contribution is 2.36. The summed E-state index contributed by atoms with van der Waals surface area (Å²) in [5.74, 6) is 0.961. The van der Waals surface area contributed by atoms with Crippen LogP contribution in [0.4, 0.5) is 0 Å². The molecule has 0 saturated heterocycles. The maximum Gasteiger partial charge on any atom is 0.209 e. The lowest BCUT2D eigenvalue weighted by Crippen LogP contribution is -2.44. The number of nitriles is 1. The summed E-state index contributed by atoms with van der Waals surface area (Å²) in [6, 6.07) is 3.59. The molecule has 2 fully saturated rings. The van der Waals surface area contributed by atoms with Crippen LogP contribution in [0, 0.1) is 11.3 Å². The van der Waals surface area contributed by atoms with Crippen LogP contribution in [0.1, 0.15) is 57.9 Å². The Morgan fingerprint density at radius 1 is 1.43 bits per heavy atom. The number of rotatable bonds is 9. The molecule has 1 unspecified atom stereocenters. The van der Waals surface area contributed by atoms with Gasteiger partial charge in [0.15, 0.2) is 0 Å². The Labute approximate surface area is 129 Å². The maximum absolute atomic E-state index is 9.51. The molecule has 0 spiro atoms. The van der Waals surface area contributed by atoms with Gasteiger partial charge in [-0.15, -0.1) is 5.10 Å². The lowest BCUT2D eigenvalue weighted by atomic mass is 9.92. The topological polar surface area (TPSA) is 79.4 Å². The summed E-state index contributed by atoms with van der Waals surface area (Å²) < 4.78 is 1.95. The van der Waals surface area contributed by atoms with E-state index in [-0.39, 0.29) is 5.54 Å². The summed E-state index contributed by atoms with van der Waals surface area (Å²) in [6.07, 6.45) is 7.58.